The summed E-state index contributed by atoms with van der Waals surface area (Å²) in [4.78, 5) is 0. The minimum atomic E-state index is -4.06. The van der Waals surface area contributed by atoms with Crippen molar-refractivity contribution in [3.63, 3.8) is 0 Å². The minimum Gasteiger partial charge on any atom is -0.391 e. The summed E-state index contributed by atoms with van der Waals surface area (Å²) in [6.07, 6.45) is 3.98. The molecule has 1 unspecified atom stereocenters. The number of benzene rings is 4. The van der Waals surface area contributed by atoms with Crippen LogP contribution >= 0.6 is 7.82 Å². The average molecular weight is 529 g/mol. The van der Waals surface area contributed by atoms with E-state index >= 15 is 0 Å². The maximum absolute atomic E-state index is 14.2. The van der Waals surface area contributed by atoms with Crippen LogP contribution in [-0.2, 0) is 18.6 Å². The van der Waals surface area contributed by atoms with Gasteiger partial charge in [-0.05, 0) is 59.5 Å². The molecular formula is C31H29O6P. The van der Waals surface area contributed by atoms with Crippen LogP contribution < -0.4 is 9.05 Å². The first kappa shape index (κ1) is 23.8. The van der Waals surface area contributed by atoms with E-state index in [2.05, 4.69) is 31.2 Å². The molecule has 7 heteroatoms. The second kappa shape index (κ2) is 8.60. The van der Waals surface area contributed by atoms with Crippen LogP contribution in [0.5, 0.6) is 11.5 Å². The van der Waals surface area contributed by atoms with E-state index in [1.807, 2.05) is 61.5 Å². The Morgan fingerprint density at radius 1 is 0.763 bits per heavy atom. The lowest BCUT2D eigenvalue weighted by Crippen LogP contribution is -2.45. The molecule has 0 bridgehead atoms. The Kier molecular flexibility index (Phi) is 5.38. The lowest BCUT2D eigenvalue weighted by molar-refractivity contribution is -0.222. The maximum Gasteiger partial charge on any atom is 0.646 e. The number of allylic oxidation sites excluding steroid dienone is 2. The summed E-state index contributed by atoms with van der Waals surface area (Å²) in [5.41, 5.74) is 1.49. The molecular weight excluding hydrogens is 499 g/mol. The van der Waals surface area contributed by atoms with Crippen LogP contribution in [0.25, 0.3) is 32.7 Å². The van der Waals surface area contributed by atoms with E-state index < -0.39 is 13.6 Å². The molecule has 0 aromatic heterocycles. The van der Waals surface area contributed by atoms with Gasteiger partial charge in [0, 0.05) is 23.0 Å². The Morgan fingerprint density at radius 2 is 1.32 bits per heavy atom. The fourth-order valence-electron chi connectivity index (χ4n) is 5.91. The summed E-state index contributed by atoms with van der Waals surface area (Å²) >= 11 is 0. The number of phosphoric ester groups is 1. The van der Waals surface area contributed by atoms with E-state index in [0.29, 0.717) is 43.3 Å². The van der Waals surface area contributed by atoms with Crippen molar-refractivity contribution in [2.45, 2.75) is 38.9 Å². The van der Waals surface area contributed by atoms with Gasteiger partial charge in [0.25, 0.3) is 0 Å². The monoisotopic (exact) mass is 528 g/mol. The van der Waals surface area contributed by atoms with Crippen LogP contribution in [0, 0.1) is 5.41 Å². The Hall–Kier alpha value is -3.31. The Labute approximate surface area is 221 Å². The lowest BCUT2D eigenvalue weighted by atomic mass is 9.72. The number of rotatable bonds is 3. The second-order valence-electron chi connectivity index (χ2n) is 10.6. The zero-order valence-corrected chi connectivity index (χ0v) is 22.3. The first-order valence-electron chi connectivity index (χ1n) is 13.1. The average Bonchev–Trinajstić information content (AvgIpc) is 3.33. The van der Waals surface area contributed by atoms with Gasteiger partial charge in [0.05, 0.1) is 13.2 Å². The van der Waals surface area contributed by atoms with E-state index in [1.165, 1.54) is 0 Å². The number of ether oxygens (including phenoxy) is 2. The smallest absolute Gasteiger partial charge is 0.391 e. The van der Waals surface area contributed by atoms with Gasteiger partial charge in [-0.2, -0.15) is 4.57 Å². The molecule has 38 heavy (non-hydrogen) atoms. The lowest BCUT2D eigenvalue weighted by Gasteiger charge is -2.43. The molecule has 2 heterocycles. The van der Waals surface area contributed by atoms with Gasteiger partial charge in [0.15, 0.2) is 5.79 Å². The molecule has 0 N–H and O–H groups in total. The predicted octanol–water partition coefficient (Wildman–Crippen LogP) is 8.39. The molecule has 1 aliphatic carbocycles. The van der Waals surface area contributed by atoms with Gasteiger partial charge < -0.3 is 23.0 Å². The molecule has 1 fully saturated rings. The van der Waals surface area contributed by atoms with Crippen molar-refractivity contribution in [1.82, 2.24) is 0 Å². The first-order chi connectivity index (χ1) is 18.4. The van der Waals surface area contributed by atoms with Crippen LogP contribution in [0.1, 0.15) is 33.1 Å². The third kappa shape index (κ3) is 3.74. The summed E-state index contributed by atoms with van der Waals surface area (Å²) in [5, 5.41) is 4.12. The van der Waals surface area contributed by atoms with Crippen molar-refractivity contribution in [1.29, 1.82) is 0 Å². The van der Waals surface area contributed by atoms with Crippen molar-refractivity contribution in [3.05, 3.63) is 84.6 Å². The summed E-state index contributed by atoms with van der Waals surface area (Å²) < 4.78 is 44.6. The van der Waals surface area contributed by atoms with Gasteiger partial charge in [0.2, 0.25) is 0 Å². The van der Waals surface area contributed by atoms with Gasteiger partial charge in [0.1, 0.15) is 17.3 Å². The molecule has 0 spiro atoms. The summed E-state index contributed by atoms with van der Waals surface area (Å²) in [5.74, 6) is 0.903. The zero-order valence-electron chi connectivity index (χ0n) is 21.4. The van der Waals surface area contributed by atoms with Gasteiger partial charge in [-0.15, -0.1) is 0 Å². The standard InChI is InChI=1S/C31H29O6P/c1-30(31(2)33-19-20-34-31)17-15-23(16-18-30)35-38(32)36-26-13-11-21-7-3-5-9-24(21)28(26)29-25-10-6-4-8-22(25)12-14-27(29)37-38/h3-15H,16-20H2,1-2H3. The van der Waals surface area contributed by atoms with Crippen LogP contribution in [0.15, 0.2) is 84.6 Å². The number of phosphoric acid groups is 1. The van der Waals surface area contributed by atoms with Crippen molar-refractivity contribution >= 4 is 29.4 Å². The molecule has 4 aromatic carbocycles. The summed E-state index contributed by atoms with van der Waals surface area (Å²) in [6, 6.07) is 23.9. The largest absolute Gasteiger partial charge is 0.646 e. The fraction of sp³-hybridized carbons (Fsp3) is 0.290. The van der Waals surface area contributed by atoms with Gasteiger partial charge >= 0.3 is 7.82 Å². The van der Waals surface area contributed by atoms with Crippen molar-refractivity contribution in [3.8, 4) is 22.6 Å². The quantitative estimate of drug-likeness (QED) is 0.249. The Bertz CT molecular complexity index is 1560. The molecule has 2 aliphatic heterocycles. The SMILES string of the molecule is CC1(C2(C)OCCO2)CC=C(OP2(=O)Oc3ccc4ccccc4c3-c3c(ccc4ccccc34)O2)CC1. The van der Waals surface area contributed by atoms with Crippen molar-refractivity contribution < 1.29 is 27.6 Å². The molecule has 0 saturated carbocycles. The fourth-order valence-corrected chi connectivity index (χ4v) is 7.26. The Balaban J connectivity index is 1.31. The number of hydrogen-bond donors (Lipinski definition) is 0. The third-order valence-corrected chi connectivity index (χ3v) is 9.62. The normalized spacial score (nSPS) is 23.5. The van der Waals surface area contributed by atoms with Crippen LogP contribution in [0.3, 0.4) is 0 Å². The van der Waals surface area contributed by atoms with E-state index in [4.69, 9.17) is 23.0 Å². The highest BCUT2D eigenvalue weighted by Crippen LogP contribution is 2.61. The molecule has 7 rings (SSSR count). The van der Waals surface area contributed by atoms with E-state index in [-0.39, 0.29) is 5.41 Å². The molecule has 3 aliphatic rings. The van der Waals surface area contributed by atoms with E-state index in [9.17, 15) is 4.57 Å². The predicted molar refractivity (Wildman–Crippen MR) is 147 cm³/mol. The van der Waals surface area contributed by atoms with E-state index in [0.717, 1.165) is 39.1 Å². The highest BCUT2D eigenvalue weighted by atomic mass is 31.2. The zero-order chi connectivity index (χ0) is 26.0. The van der Waals surface area contributed by atoms with Crippen molar-refractivity contribution in [2.24, 2.45) is 5.41 Å². The van der Waals surface area contributed by atoms with Crippen LogP contribution in [-0.4, -0.2) is 19.0 Å². The molecule has 0 radical (unpaired) electrons. The molecule has 1 saturated heterocycles. The molecule has 194 valence electrons. The minimum absolute atomic E-state index is 0.215. The molecule has 0 amide bonds. The highest BCUT2D eigenvalue weighted by molar-refractivity contribution is 7.49. The number of fused-ring (bicyclic) bond motifs is 7. The topological polar surface area (TPSA) is 63.2 Å². The molecule has 4 aromatic rings. The second-order valence-corrected chi connectivity index (χ2v) is 12.1. The summed E-state index contributed by atoms with van der Waals surface area (Å²) in [7, 11) is -4.06. The van der Waals surface area contributed by atoms with Gasteiger partial charge in [-0.1, -0.05) is 67.6 Å². The van der Waals surface area contributed by atoms with E-state index in [1.54, 1.807) is 0 Å². The first-order valence-corrected chi connectivity index (χ1v) is 14.5. The maximum atomic E-state index is 14.2. The van der Waals surface area contributed by atoms with Crippen LogP contribution in [0.4, 0.5) is 0 Å². The van der Waals surface area contributed by atoms with Gasteiger partial charge in [-0.25, -0.2) is 0 Å². The molecule has 6 nitrogen and oxygen atoms in total. The Morgan fingerprint density at radius 3 is 1.84 bits per heavy atom. The third-order valence-electron chi connectivity index (χ3n) is 8.32. The van der Waals surface area contributed by atoms with Gasteiger partial charge in [-0.3, -0.25) is 0 Å². The van der Waals surface area contributed by atoms with Crippen LogP contribution in [0.2, 0.25) is 0 Å². The molecule has 1 atom stereocenters. The number of hydrogen-bond acceptors (Lipinski definition) is 6. The highest BCUT2D eigenvalue weighted by Gasteiger charge is 2.50. The van der Waals surface area contributed by atoms with Crippen molar-refractivity contribution in [2.75, 3.05) is 13.2 Å². The summed E-state index contributed by atoms with van der Waals surface area (Å²) in [6.45, 7) is 5.35.